The molecule has 0 saturated heterocycles. The second-order valence-electron chi connectivity index (χ2n) is 4.89. The predicted octanol–water partition coefficient (Wildman–Crippen LogP) is 1.24. The van der Waals surface area contributed by atoms with Gasteiger partial charge in [0, 0.05) is 11.8 Å². The summed E-state index contributed by atoms with van der Waals surface area (Å²) in [5, 5.41) is 22.2. The van der Waals surface area contributed by atoms with Gasteiger partial charge in [-0.25, -0.2) is 0 Å². The van der Waals surface area contributed by atoms with Crippen LogP contribution in [0, 0.1) is 23.7 Å². The third-order valence-electron chi connectivity index (χ3n) is 4.24. The minimum absolute atomic E-state index is 0.182. The number of nitrogens with zero attached hydrogens (tertiary/aromatic N) is 1. The summed E-state index contributed by atoms with van der Waals surface area (Å²) in [6, 6.07) is 0. The minimum Gasteiger partial charge on any atom is -0.411 e. The summed E-state index contributed by atoms with van der Waals surface area (Å²) in [6.45, 7) is 0. The fraction of sp³-hybridized carbons (Fsp3) is 0.900. The van der Waals surface area contributed by atoms with E-state index in [1.807, 2.05) is 0 Å². The van der Waals surface area contributed by atoms with Crippen LogP contribution in [0.15, 0.2) is 5.16 Å². The molecular formula is C10H15NO2. The van der Waals surface area contributed by atoms with Gasteiger partial charge in [0.05, 0.1) is 11.8 Å². The van der Waals surface area contributed by atoms with E-state index in [-0.39, 0.29) is 12.0 Å². The number of hydrogen-bond donors (Lipinski definition) is 2. The van der Waals surface area contributed by atoms with Crippen LogP contribution < -0.4 is 0 Å². The average molecular weight is 181 g/mol. The SMILES string of the molecule is O/N=C1\[C@@H]2C[C@H]3C[C@@H](C2)C(O)[C@@H]1C3. The topological polar surface area (TPSA) is 52.8 Å². The first kappa shape index (κ1) is 7.80. The van der Waals surface area contributed by atoms with E-state index >= 15 is 0 Å². The fourth-order valence-electron chi connectivity index (χ4n) is 3.78. The molecule has 0 radical (unpaired) electrons. The van der Waals surface area contributed by atoms with E-state index in [1.54, 1.807) is 0 Å². The van der Waals surface area contributed by atoms with E-state index in [2.05, 4.69) is 5.16 Å². The van der Waals surface area contributed by atoms with Crippen LogP contribution in [0.3, 0.4) is 0 Å². The Balaban J connectivity index is 1.98. The first-order chi connectivity index (χ1) is 6.29. The molecule has 1 unspecified atom stereocenters. The Hall–Kier alpha value is -0.570. The molecule has 3 nitrogen and oxygen atoms in total. The predicted molar refractivity (Wildman–Crippen MR) is 47.7 cm³/mol. The maximum atomic E-state index is 9.94. The molecule has 4 aliphatic rings. The van der Waals surface area contributed by atoms with E-state index in [9.17, 15) is 5.11 Å². The standard InChI is InChI=1S/C10H15NO2/c12-10-7-2-5-1-6(4-7)9(11-13)8(10)3-5/h5-8,10,12-13H,1-4H2/b11-9+/t5-,6+,7-,8+,10?/m0/s1. The second-order valence-corrected chi connectivity index (χ2v) is 4.89. The summed E-state index contributed by atoms with van der Waals surface area (Å²) in [7, 11) is 0. The van der Waals surface area contributed by atoms with Gasteiger partial charge >= 0.3 is 0 Å². The van der Waals surface area contributed by atoms with Crippen molar-refractivity contribution in [2.45, 2.75) is 31.8 Å². The van der Waals surface area contributed by atoms with Crippen LogP contribution in [0.5, 0.6) is 0 Å². The highest BCUT2D eigenvalue weighted by molar-refractivity contribution is 5.90. The zero-order valence-electron chi connectivity index (χ0n) is 7.56. The third kappa shape index (κ3) is 0.909. The van der Waals surface area contributed by atoms with Crippen molar-refractivity contribution in [1.29, 1.82) is 0 Å². The number of oxime groups is 1. The smallest absolute Gasteiger partial charge is 0.0658 e. The van der Waals surface area contributed by atoms with Gasteiger partial charge in [0.25, 0.3) is 0 Å². The lowest BCUT2D eigenvalue weighted by Gasteiger charge is -2.52. The van der Waals surface area contributed by atoms with Gasteiger partial charge in [-0.2, -0.15) is 0 Å². The van der Waals surface area contributed by atoms with Gasteiger partial charge in [0.1, 0.15) is 0 Å². The Kier molecular flexibility index (Phi) is 1.48. The normalized spacial score (nSPS) is 56.1. The summed E-state index contributed by atoms with van der Waals surface area (Å²) in [5.41, 5.74) is 0.889. The molecule has 3 heteroatoms. The molecule has 2 N–H and O–H groups in total. The zero-order chi connectivity index (χ0) is 9.00. The van der Waals surface area contributed by atoms with Crippen molar-refractivity contribution in [2.75, 3.05) is 0 Å². The van der Waals surface area contributed by atoms with Gasteiger partial charge in [0.15, 0.2) is 0 Å². The number of rotatable bonds is 0. The molecule has 5 atom stereocenters. The van der Waals surface area contributed by atoms with Crippen molar-refractivity contribution in [1.82, 2.24) is 0 Å². The van der Waals surface area contributed by atoms with E-state index < -0.39 is 0 Å². The Bertz CT molecular complexity index is 264. The van der Waals surface area contributed by atoms with E-state index in [1.165, 1.54) is 12.8 Å². The van der Waals surface area contributed by atoms with Crippen molar-refractivity contribution in [2.24, 2.45) is 28.8 Å². The molecule has 0 aromatic rings. The molecule has 0 aromatic heterocycles. The monoisotopic (exact) mass is 181 g/mol. The molecule has 4 bridgehead atoms. The van der Waals surface area contributed by atoms with Crippen molar-refractivity contribution in [3.05, 3.63) is 0 Å². The number of hydrogen-bond acceptors (Lipinski definition) is 3. The molecule has 4 fully saturated rings. The van der Waals surface area contributed by atoms with Crippen LogP contribution in [-0.4, -0.2) is 22.1 Å². The number of aliphatic hydroxyl groups excluding tert-OH is 1. The van der Waals surface area contributed by atoms with Crippen LogP contribution in [-0.2, 0) is 0 Å². The van der Waals surface area contributed by atoms with Crippen LogP contribution in [0.4, 0.5) is 0 Å². The summed E-state index contributed by atoms with van der Waals surface area (Å²) >= 11 is 0. The molecule has 0 heterocycles. The highest BCUT2D eigenvalue weighted by Gasteiger charge is 2.51. The van der Waals surface area contributed by atoms with E-state index in [4.69, 9.17) is 5.21 Å². The van der Waals surface area contributed by atoms with Crippen molar-refractivity contribution in [3.8, 4) is 0 Å². The van der Waals surface area contributed by atoms with Crippen LogP contribution in [0.2, 0.25) is 0 Å². The van der Waals surface area contributed by atoms with Crippen molar-refractivity contribution in [3.63, 3.8) is 0 Å². The quantitative estimate of drug-likeness (QED) is 0.436. The summed E-state index contributed by atoms with van der Waals surface area (Å²) in [4.78, 5) is 0. The van der Waals surface area contributed by atoms with Crippen molar-refractivity contribution < 1.29 is 10.3 Å². The second kappa shape index (κ2) is 2.47. The summed E-state index contributed by atoms with van der Waals surface area (Å²) in [6.07, 6.45) is 4.27. The van der Waals surface area contributed by atoms with Gasteiger partial charge in [-0.1, -0.05) is 5.16 Å². The lowest BCUT2D eigenvalue weighted by molar-refractivity contribution is -0.0341. The minimum atomic E-state index is -0.223. The lowest BCUT2D eigenvalue weighted by atomic mass is 9.54. The maximum Gasteiger partial charge on any atom is 0.0658 e. The molecule has 72 valence electrons. The molecule has 0 aliphatic heterocycles. The van der Waals surface area contributed by atoms with Crippen LogP contribution in [0.25, 0.3) is 0 Å². The van der Waals surface area contributed by atoms with Gasteiger partial charge in [-0.05, 0) is 37.5 Å². The van der Waals surface area contributed by atoms with E-state index in [0.717, 1.165) is 24.5 Å². The first-order valence-corrected chi connectivity index (χ1v) is 5.19. The lowest BCUT2D eigenvalue weighted by Crippen LogP contribution is -2.53. The Morgan fingerprint density at radius 2 is 2.00 bits per heavy atom. The molecular weight excluding hydrogens is 166 g/mol. The molecule has 13 heavy (non-hydrogen) atoms. The van der Waals surface area contributed by atoms with Gasteiger partial charge < -0.3 is 10.3 Å². The third-order valence-corrected chi connectivity index (χ3v) is 4.24. The molecule has 0 amide bonds. The van der Waals surface area contributed by atoms with Gasteiger partial charge in [-0.15, -0.1) is 0 Å². The van der Waals surface area contributed by atoms with Crippen molar-refractivity contribution >= 4 is 5.71 Å². The molecule has 0 aromatic carbocycles. The van der Waals surface area contributed by atoms with Gasteiger partial charge in [-0.3, -0.25) is 0 Å². The zero-order valence-corrected chi connectivity index (χ0v) is 7.56. The molecule has 4 saturated carbocycles. The number of aliphatic hydroxyl groups is 1. The fourth-order valence-corrected chi connectivity index (χ4v) is 3.78. The molecule has 0 spiro atoms. The Labute approximate surface area is 77.4 Å². The highest BCUT2D eigenvalue weighted by Crippen LogP contribution is 2.52. The molecule has 4 aliphatic carbocycles. The largest absolute Gasteiger partial charge is 0.411 e. The van der Waals surface area contributed by atoms with Crippen LogP contribution >= 0.6 is 0 Å². The average Bonchev–Trinajstić information content (AvgIpc) is 2.13. The molecule has 4 rings (SSSR count). The highest BCUT2D eigenvalue weighted by atomic mass is 16.4. The Morgan fingerprint density at radius 3 is 2.77 bits per heavy atom. The van der Waals surface area contributed by atoms with Crippen LogP contribution in [0.1, 0.15) is 25.7 Å². The van der Waals surface area contributed by atoms with Gasteiger partial charge in [0.2, 0.25) is 0 Å². The maximum absolute atomic E-state index is 9.94. The first-order valence-electron chi connectivity index (χ1n) is 5.19. The summed E-state index contributed by atoms with van der Waals surface area (Å²) in [5.74, 6) is 1.95. The van der Waals surface area contributed by atoms with E-state index in [0.29, 0.717) is 11.8 Å². The Morgan fingerprint density at radius 1 is 1.15 bits per heavy atom. The summed E-state index contributed by atoms with van der Waals surface area (Å²) < 4.78 is 0.